The van der Waals surface area contributed by atoms with Crippen molar-refractivity contribution in [3.8, 4) is 27.7 Å². The van der Waals surface area contributed by atoms with E-state index in [9.17, 15) is 9.59 Å². The molecule has 9 heteroatoms. The van der Waals surface area contributed by atoms with Crippen LogP contribution in [0.25, 0.3) is 22.0 Å². The van der Waals surface area contributed by atoms with E-state index in [1.807, 2.05) is 41.8 Å². The SMILES string of the molecule is COc1ccc(-c2n[nH]c(CNC(=O)c3ccc(-c4cccs4)[nH]c3=O)n2)cc1. The van der Waals surface area contributed by atoms with E-state index in [2.05, 4.69) is 25.5 Å². The Morgan fingerprint density at radius 3 is 2.69 bits per heavy atom. The van der Waals surface area contributed by atoms with E-state index in [1.165, 1.54) is 17.4 Å². The highest BCUT2D eigenvalue weighted by atomic mass is 32.1. The van der Waals surface area contributed by atoms with Gasteiger partial charge in [-0.25, -0.2) is 4.98 Å². The Bertz CT molecular complexity index is 1180. The molecule has 0 bridgehead atoms. The summed E-state index contributed by atoms with van der Waals surface area (Å²) >= 11 is 1.51. The number of hydrogen-bond acceptors (Lipinski definition) is 6. The van der Waals surface area contributed by atoms with Gasteiger partial charge in [-0.2, -0.15) is 5.10 Å². The smallest absolute Gasteiger partial charge is 0.261 e. The van der Waals surface area contributed by atoms with Gasteiger partial charge in [0.15, 0.2) is 5.82 Å². The van der Waals surface area contributed by atoms with Crippen LogP contribution in [0.5, 0.6) is 5.75 Å². The molecule has 0 saturated carbocycles. The highest BCUT2D eigenvalue weighted by Crippen LogP contribution is 2.21. The number of nitrogens with zero attached hydrogens (tertiary/aromatic N) is 2. The normalized spacial score (nSPS) is 10.7. The minimum absolute atomic E-state index is 0.0419. The number of hydrogen-bond donors (Lipinski definition) is 3. The first-order valence-corrected chi connectivity index (χ1v) is 9.63. The lowest BCUT2D eigenvalue weighted by molar-refractivity contribution is 0.0948. The molecule has 3 N–H and O–H groups in total. The largest absolute Gasteiger partial charge is 0.497 e. The molecule has 0 spiro atoms. The molecular formula is C20H17N5O3S. The van der Waals surface area contributed by atoms with Crippen LogP contribution in [0, 0.1) is 0 Å². The molecular weight excluding hydrogens is 390 g/mol. The van der Waals surface area contributed by atoms with Crippen LogP contribution >= 0.6 is 11.3 Å². The average Bonchev–Trinajstić information content (AvgIpc) is 3.44. The summed E-state index contributed by atoms with van der Waals surface area (Å²) in [5.41, 5.74) is 1.10. The van der Waals surface area contributed by atoms with E-state index in [4.69, 9.17) is 4.74 Å². The number of ether oxygens (including phenoxy) is 1. The summed E-state index contributed by atoms with van der Waals surface area (Å²) in [5.74, 6) is 1.25. The van der Waals surface area contributed by atoms with Gasteiger partial charge in [-0.15, -0.1) is 11.3 Å². The Balaban J connectivity index is 1.42. The van der Waals surface area contributed by atoms with E-state index in [1.54, 1.807) is 13.2 Å². The number of amides is 1. The first-order valence-electron chi connectivity index (χ1n) is 8.75. The lowest BCUT2D eigenvalue weighted by atomic mass is 10.2. The highest BCUT2D eigenvalue weighted by molar-refractivity contribution is 7.13. The summed E-state index contributed by atoms with van der Waals surface area (Å²) in [7, 11) is 1.60. The molecule has 146 valence electrons. The predicted octanol–water partition coefficient (Wildman–Crippen LogP) is 2.83. The van der Waals surface area contributed by atoms with Crippen molar-refractivity contribution in [3.05, 3.63) is 75.7 Å². The van der Waals surface area contributed by atoms with Crippen LogP contribution < -0.4 is 15.6 Å². The standard InChI is InChI=1S/C20H17N5O3S/c1-28-13-6-4-12(5-7-13)18-23-17(24-25-18)11-21-19(26)14-8-9-15(22-20(14)27)16-3-2-10-29-16/h2-10H,11H2,1H3,(H,21,26)(H,22,27)(H,23,24,25). The van der Waals surface area contributed by atoms with Gasteiger partial charge in [0.2, 0.25) is 0 Å². The molecule has 0 unspecified atom stereocenters. The van der Waals surface area contributed by atoms with Gasteiger partial charge in [-0.1, -0.05) is 6.07 Å². The van der Waals surface area contributed by atoms with Crippen molar-refractivity contribution in [2.45, 2.75) is 6.54 Å². The van der Waals surface area contributed by atoms with Gasteiger partial charge in [-0.3, -0.25) is 14.7 Å². The molecule has 3 aromatic heterocycles. The maximum absolute atomic E-state index is 12.4. The summed E-state index contributed by atoms with van der Waals surface area (Å²) in [6.07, 6.45) is 0. The zero-order valence-electron chi connectivity index (χ0n) is 15.4. The minimum Gasteiger partial charge on any atom is -0.497 e. The number of rotatable bonds is 6. The van der Waals surface area contributed by atoms with Gasteiger partial charge >= 0.3 is 0 Å². The number of carbonyl (C=O) groups excluding carboxylic acids is 1. The van der Waals surface area contributed by atoms with Crippen molar-refractivity contribution in [2.24, 2.45) is 0 Å². The van der Waals surface area contributed by atoms with Gasteiger partial charge in [0.1, 0.15) is 17.1 Å². The van der Waals surface area contributed by atoms with E-state index in [0.29, 0.717) is 17.3 Å². The molecule has 0 aliphatic rings. The summed E-state index contributed by atoms with van der Waals surface area (Å²) in [6.45, 7) is 0.119. The maximum Gasteiger partial charge on any atom is 0.261 e. The van der Waals surface area contributed by atoms with E-state index < -0.39 is 11.5 Å². The third-order valence-electron chi connectivity index (χ3n) is 4.24. The van der Waals surface area contributed by atoms with Gasteiger partial charge in [0, 0.05) is 5.56 Å². The Kier molecular flexibility index (Phi) is 5.21. The average molecular weight is 407 g/mol. The molecule has 0 radical (unpaired) electrons. The third kappa shape index (κ3) is 4.09. The summed E-state index contributed by atoms with van der Waals surface area (Å²) in [6, 6.07) is 14.4. The number of aromatic nitrogens is 4. The number of methoxy groups -OCH3 is 1. The first-order chi connectivity index (χ1) is 14.1. The molecule has 8 nitrogen and oxygen atoms in total. The van der Waals surface area contributed by atoms with E-state index >= 15 is 0 Å². The van der Waals surface area contributed by atoms with Gasteiger partial charge in [-0.05, 0) is 47.8 Å². The van der Waals surface area contributed by atoms with Crippen molar-refractivity contribution in [2.75, 3.05) is 7.11 Å². The Hall–Kier alpha value is -3.72. The zero-order chi connectivity index (χ0) is 20.2. The molecule has 3 heterocycles. The number of carbonyl (C=O) groups is 1. The second-order valence-electron chi connectivity index (χ2n) is 6.11. The Labute approximate surface area is 169 Å². The quantitative estimate of drug-likeness (QED) is 0.455. The van der Waals surface area contributed by atoms with Crippen molar-refractivity contribution < 1.29 is 9.53 Å². The molecule has 0 atom stereocenters. The monoisotopic (exact) mass is 407 g/mol. The van der Waals surface area contributed by atoms with Crippen molar-refractivity contribution in [3.63, 3.8) is 0 Å². The van der Waals surface area contributed by atoms with Crippen LogP contribution in [-0.4, -0.2) is 33.2 Å². The molecule has 0 saturated heterocycles. The van der Waals surface area contributed by atoms with Crippen LogP contribution in [0.4, 0.5) is 0 Å². The second kappa shape index (κ2) is 8.11. The van der Waals surface area contributed by atoms with Gasteiger partial charge < -0.3 is 15.0 Å². The summed E-state index contributed by atoms with van der Waals surface area (Å²) in [4.78, 5) is 32.7. The number of thiophene rings is 1. The molecule has 0 aliphatic heterocycles. The molecule has 0 fully saturated rings. The molecule has 4 aromatic rings. The Morgan fingerprint density at radius 1 is 1.17 bits per heavy atom. The van der Waals surface area contributed by atoms with Crippen LogP contribution in [0.3, 0.4) is 0 Å². The fraction of sp³-hybridized carbons (Fsp3) is 0.100. The number of benzene rings is 1. The summed E-state index contributed by atoms with van der Waals surface area (Å²) < 4.78 is 5.13. The Morgan fingerprint density at radius 2 is 2.00 bits per heavy atom. The molecule has 1 aromatic carbocycles. The van der Waals surface area contributed by atoms with Crippen LogP contribution in [0.1, 0.15) is 16.2 Å². The molecule has 29 heavy (non-hydrogen) atoms. The van der Waals surface area contributed by atoms with Crippen molar-refractivity contribution >= 4 is 17.2 Å². The number of nitrogens with one attached hydrogen (secondary N) is 3. The van der Waals surface area contributed by atoms with Crippen molar-refractivity contribution in [1.82, 2.24) is 25.5 Å². The van der Waals surface area contributed by atoms with Crippen LogP contribution in [0.15, 0.2) is 58.7 Å². The van der Waals surface area contributed by atoms with E-state index in [0.717, 1.165) is 16.2 Å². The zero-order valence-corrected chi connectivity index (χ0v) is 16.2. The second-order valence-corrected chi connectivity index (χ2v) is 7.06. The molecule has 4 rings (SSSR count). The minimum atomic E-state index is -0.480. The number of aromatic amines is 2. The number of pyridine rings is 1. The number of H-pyrrole nitrogens is 2. The summed E-state index contributed by atoms with van der Waals surface area (Å²) in [5, 5.41) is 11.6. The van der Waals surface area contributed by atoms with Crippen LogP contribution in [0.2, 0.25) is 0 Å². The molecule has 0 aliphatic carbocycles. The highest BCUT2D eigenvalue weighted by Gasteiger charge is 2.13. The fourth-order valence-corrected chi connectivity index (χ4v) is 3.44. The first kappa shape index (κ1) is 18.6. The maximum atomic E-state index is 12.4. The lowest BCUT2D eigenvalue weighted by Crippen LogP contribution is -2.29. The lowest BCUT2D eigenvalue weighted by Gasteiger charge is -2.04. The third-order valence-corrected chi connectivity index (χ3v) is 5.14. The van der Waals surface area contributed by atoms with Gasteiger partial charge in [0.05, 0.1) is 24.2 Å². The van der Waals surface area contributed by atoms with E-state index in [-0.39, 0.29) is 12.1 Å². The van der Waals surface area contributed by atoms with Gasteiger partial charge in [0.25, 0.3) is 11.5 Å². The molecule has 1 amide bonds. The van der Waals surface area contributed by atoms with Crippen LogP contribution in [-0.2, 0) is 6.54 Å². The fourth-order valence-electron chi connectivity index (χ4n) is 2.73. The topological polar surface area (TPSA) is 113 Å². The predicted molar refractivity (Wildman–Crippen MR) is 110 cm³/mol. The van der Waals surface area contributed by atoms with Crippen molar-refractivity contribution in [1.29, 1.82) is 0 Å².